The minimum absolute atomic E-state index is 0.0343. The van der Waals surface area contributed by atoms with Gasteiger partial charge in [-0.1, -0.05) is 13.8 Å². The van der Waals surface area contributed by atoms with E-state index in [9.17, 15) is 9.59 Å². The fourth-order valence-corrected chi connectivity index (χ4v) is 2.06. The van der Waals surface area contributed by atoms with Crippen LogP contribution in [0, 0.1) is 11.8 Å². The lowest BCUT2D eigenvalue weighted by Crippen LogP contribution is -2.43. The summed E-state index contributed by atoms with van der Waals surface area (Å²) in [6.45, 7) is 7.04. The highest BCUT2D eigenvalue weighted by Gasteiger charge is 2.15. The number of methoxy groups -OCH3 is 1. The summed E-state index contributed by atoms with van der Waals surface area (Å²) in [5.74, 6) is -0.0517. The zero-order valence-corrected chi connectivity index (χ0v) is 12.9. The van der Waals surface area contributed by atoms with E-state index in [1.54, 1.807) is 7.11 Å². The van der Waals surface area contributed by atoms with E-state index in [1.165, 1.54) is 0 Å². The molecule has 0 aliphatic rings. The summed E-state index contributed by atoms with van der Waals surface area (Å²) < 4.78 is 4.93. The van der Waals surface area contributed by atoms with Crippen molar-refractivity contribution < 1.29 is 19.4 Å². The van der Waals surface area contributed by atoms with E-state index < -0.39 is 5.97 Å². The van der Waals surface area contributed by atoms with Crippen molar-refractivity contribution in [3.8, 4) is 0 Å². The van der Waals surface area contributed by atoms with Gasteiger partial charge in [-0.05, 0) is 31.6 Å². The number of nitrogens with one attached hydrogen (secondary N) is 2. The molecule has 0 heterocycles. The van der Waals surface area contributed by atoms with Gasteiger partial charge < -0.3 is 20.5 Å². The lowest BCUT2D eigenvalue weighted by molar-refractivity contribution is -0.137. The van der Waals surface area contributed by atoms with Crippen molar-refractivity contribution in [2.45, 2.75) is 46.1 Å². The van der Waals surface area contributed by atoms with Crippen LogP contribution in [0.3, 0.4) is 0 Å². The molecule has 0 aromatic heterocycles. The first-order valence-electron chi connectivity index (χ1n) is 7.11. The maximum atomic E-state index is 11.6. The van der Waals surface area contributed by atoms with Crippen LogP contribution in [-0.2, 0) is 9.53 Å². The minimum atomic E-state index is -0.769. The third kappa shape index (κ3) is 9.61. The Kier molecular flexibility index (Phi) is 9.80. The Hall–Kier alpha value is -1.30. The van der Waals surface area contributed by atoms with Gasteiger partial charge in [0, 0.05) is 20.1 Å². The van der Waals surface area contributed by atoms with E-state index in [4.69, 9.17) is 9.84 Å². The molecule has 0 aliphatic carbocycles. The maximum absolute atomic E-state index is 11.6. The Morgan fingerprint density at radius 3 is 2.35 bits per heavy atom. The summed E-state index contributed by atoms with van der Waals surface area (Å²) in [6.07, 6.45) is 1.62. The van der Waals surface area contributed by atoms with Crippen molar-refractivity contribution in [1.29, 1.82) is 0 Å². The molecule has 2 atom stereocenters. The zero-order chi connectivity index (χ0) is 15.5. The molecule has 0 spiro atoms. The second-order valence-corrected chi connectivity index (χ2v) is 5.48. The molecule has 0 saturated heterocycles. The van der Waals surface area contributed by atoms with Gasteiger partial charge in [0.15, 0.2) is 0 Å². The van der Waals surface area contributed by atoms with Crippen LogP contribution in [-0.4, -0.2) is 43.4 Å². The van der Waals surface area contributed by atoms with Gasteiger partial charge in [-0.3, -0.25) is 4.79 Å². The van der Waals surface area contributed by atoms with E-state index in [0.29, 0.717) is 31.4 Å². The van der Waals surface area contributed by atoms with Crippen LogP contribution < -0.4 is 10.6 Å². The third-order valence-electron chi connectivity index (χ3n) is 3.27. The molecule has 2 unspecified atom stereocenters. The van der Waals surface area contributed by atoms with Crippen molar-refractivity contribution >= 4 is 12.0 Å². The fourth-order valence-electron chi connectivity index (χ4n) is 2.06. The molecule has 2 amide bonds. The van der Waals surface area contributed by atoms with Crippen molar-refractivity contribution in [2.24, 2.45) is 11.8 Å². The van der Waals surface area contributed by atoms with Gasteiger partial charge >= 0.3 is 12.0 Å². The highest BCUT2D eigenvalue weighted by atomic mass is 16.5. The molecule has 0 bridgehead atoms. The number of carbonyl (C=O) groups is 2. The number of carbonyl (C=O) groups excluding carboxylic acids is 1. The molecule has 6 heteroatoms. The highest BCUT2D eigenvalue weighted by molar-refractivity contribution is 5.74. The Morgan fingerprint density at radius 2 is 1.85 bits per heavy atom. The molecule has 0 rings (SSSR count). The van der Waals surface area contributed by atoms with E-state index in [0.717, 1.165) is 6.42 Å². The number of urea groups is 1. The third-order valence-corrected chi connectivity index (χ3v) is 3.27. The van der Waals surface area contributed by atoms with E-state index >= 15 is 0 Å². The van der Waals surface area contributed by atoms with Gasteiger partial charge in [0.05, 0.1) is 12.6 Å². The maximum Gasteiger partial charge on any atom is 0.315 e. The van der Waals surface area contributed by atoms with Gasteiger partial charge in [-0.2, -0.15) is 0 Å². The zero-order valence-electron chi connectivity index (χ0n) is 12.9. The first-order valence-corrected chi connectivity index (χ1v) is 7.11. The van der Waals surface area contributed by atoms with Gasteiger partial charge in [-0.15, -0.1) is 0 Å². The number of ether oxygens (including phenoxy) is 1. The van der Waals surface area contributed by atoms with Crippen molar-refractivity contribution in [3.05, 3.63) is 0 Å². The molecule has 0 radical (unpaired) electrons. The first-order chi connectivity index (χ1) is 9.36. The lowest BCUT2D eigenvalue weighted by atomic mass is 9.88. The SMILES string of the molecule is COCC(C)NC(=O)NCCC(CCC(=O)O)C(C)C. The standard InChI is InChI=1S/C14H28N2O4/c1-10(2)12(5-6-13(17)18)7-8-15-14(19)16-11(3)9-20-4/h10-12H,5-9H2,1-4H3,(H,17,18)(H2,15,16,19). The molecule has 6 nitrogen and oxygen atoms in total. The predicted octanol–water partition coefficient (Wildman–Crippen LogP) is 1.85. The van der Waals surface area contributed by atoms with Gasteiger partial charge in [-0.25, -0.2) is 4.79 Å². The van der Waals surface area contributed by atoms with Crippen LogP contribution >= 0.6 is 0 Å². The molecule has 3 N–H and O–H groups in total. The molecule has 0 aromatic rings. The fraction of sp³-hybridized carbons (Fsp3) is 0.857. The number of amides is 2. The van der Waals surface area contributed by atoms with Gasteiger partial charge in [0.1, 0.15) is 0 Å². The normalized spacial score (nSPS) is 13.8. The Balaban J connectivity index is 3.92. The minimum Gasteiger partial charge on any atom is -0.481 e. The summed E-state index contributed by atoms with van der Waals surface area (Å²) in [4.78, 5) is 22.2. The van der Waals surface area contributed by atoms with E-state index in [-0.39, 0.29) is 18.5 Å². The van der Waals surface area contributed by atoms with Crippen LogP contribution in [0.2, 0.25) is 0 Å². The summed E-state index contributed by atoms with van der Waals surface area (Å²) >= 11 is 0. The molecule has 0 aromatic carbocycles. The summed E-state index contributed by atoms with van der Waals surface area (Å²) in [5.41, 5.74) is 0. The van der Waals surface area contributed by atoms with Crippen LogP contribution in [0.5, 0.6) is 0 Å². The molecule has 0 saturated carbocycles. The second kappa shape index (κ2) is 10.5. The predicted molar refractivity (Wildman–Crippen MR) is 77.7 cm³/mol. The molecule has 0 aliphatic heterocycles. The number of rotatable bonds is 10. The average Bonchev–Trinajstić information content (AvgIpc) is 2.32. The van der Waals surface area contributed by atoms with Crippen molar-refractivity contribution in [3.63, 3.8) is 0 Å². The van der Waals surface area contributed by atoms with Crippen molar-refractivity contribution in [2.75, 3.05) is 20.3 Å². The van der Waals surface area contributed by atoms with Crippen LogP contribution in [0.4, 0.5) is 4.79 Å². The van der Waals surface area contributed by atoms with Crippen molar-refractivity contribution in [1.82, 2.24) is 10.6 Å². The topological polar surface area (TPSA) is 87.7 Å². The van der Waals surface area contributed by atoms with Crippen LogP contribution in [0.1, 0.15) is 40.0 Å². The number of hydrogen-bond acceptors (Lipinski definition) is 3. The summed E-state index contributed by atoms with van der Waals surface area (Å²) in [6, 6.07) is -0.247. The molecular weight excluding hydrogens is 260 g/mol. The number of carboxylic acids is 1. The number of carboxylic acid groups (broad SMARTS) is 1. The molecule has 20 heavy (non-hydrogen) atoms. The largest absolute Gasteiger partial charge is 0.481 e. The summed E-state index contributed by atoms with van der Waals surface area (Å²) in [7, 11) is 1.59. The smallest absolute Gasteiger partial charge is 0.315 e. The first kappa shape index (κ1) is 18.7. The number of hydrogen-bond donors (Lipinski definition) is 3. The van der Waals surface area contributed by atoms with Gasteiger partial charge in [0.25, 0.3) is 0 Å². The second-order valence-electron chi connectivity index (χ2n) is 5.48. The average molecular weight is 288 g/mol. The van der Waals surface area contributed by atoms with E-state index in [2.05, 4.69) is 24.5 Å². The van der Waals surface area contributed by atoms with Crippen LogP contribution in [0.25, 0.3) is 0 Å². The molecule has 0 fully saturated rings. The van der Waals surface area contributed by atoms with E-state index in [1.807, 2.05) is 6.92 Å². The highest BCUT2D eigenvalue weighted by Crippen LogP contribution is 2.20. The molecule has 118 valence electrons. The molecular formula is C14H28N2O4. The Labute approximate surface area is 121 Å². The van der Waals surface area contributed by atoms with Crippen LogP contribution in [0.15, 0.2) is 0 Å². The Morgan fingerprint density at radius 1 is 1.20 bits per heavy atom. The lowest BCUT2D eigenvalue weighted by Gasteiger charge is -2.20. The quantitative estimate of drug-likeness (QED) is 0.572. The monoisotopic (exact) mass is 288 g/mol. The Bertz CT molecular complexity index is 295. The number of aliphatic carboxylic acids is 1. The van der Waals surface area contributed by atoms with Gasteiger partial charge in [0.2, 0.25) is 0 Å². The summed E-state index contributed by atoms with van der Waals surface area (Å²) in [5, 5.41) is 14.3.